The summed E-state index contributed by atoms with van der Waals surface area (Å²) in [5, 5.41) is 3.33. The van der Waals surface area contributed by atoms with Crippen molar-refractivity contribution in [2.75, 3.05) is 12.9 Å². The van der Waals surface area contributed by atoms with Crippen LogP contribution in [0.4, 0.5) is 0 Å². The lowest BCUT2D eigenvalue weighted by atomic mass is 10.1. The molecule has 1 atom stereocenters. The first-order valence-electron chi connectivity index (χ1n) is 8.55. The second-order valence-electron chi connectivity index (χ2n) is 6.40. The Hall–Kier alpha value is -1.89. The molecule has 0 saturated carbocycles. The molecule has 138 valence electrons. The highest BCUT2D eigenvalue weighted by molar-refractivity contribution is 7.89. The van der Waals surface area contributed by atoms with Gasteiger partial charge in [0.15, 0.2) is 0 Å². The largest absolute Gasteiger partial charge is 0.497 e. The van der Waals surface area contributed by atoms with Crippen LogP contribution in [0.1, 0.15) is 18.1 Å². The van der Waals surface area contributed by atoms with E-state index in [0.717, 1.165) is 11.3 Å². The van der Waals surface area contributed by atoms with Gasteiger partial charge in [-0.3, -0.25) is 0 Å². The number of hydrogen-bond donors (Lipinski definition) is 1. The average molecular weight is 390 g/mol. The molecule has 0 bridgehead atoms. The maximum absolute atomic E-state index is 12.4. The normalized spacial score (nSPS) is 13.0. The molecule has 1 unspecified atom stereocenters. The molecule has 3 aromatic rings. The van der Waals surface area contributed by atoms with Crippen molar-refractivity contribution in [3.05, 3.63) is 65.0 Å². The van der Waals surface area contributed by atoms with Gasteiger partial charge in [-0.15, -0.1) is 11.3 Å². The Bertz CT molecular complexity index is 962. The highest BCUT2D eigenvalue weighted by Crippen LogP contribution is 2.26. The van der Waals surface area contributed by atoms with Crippen LogP contribution in [0.25, 0.3) is 10.1 Å². The van der Waals surface area contributed by atoms with Crippen LogP contribution in [0, 0.1) is 0 Å². The second-order valence-corrected chi connectivity index (χ2v) is 9.18. The Morgan fingerprint density at radius 3 is 2.58 bits per heavy atom. The Morgan fingerprint density at radius 2 is 1.85 bits per heavy atom. The second kappa shape index (κ2) is 8.20. The first-order valence-corrected chi connectivity index (χ1v) is 11.1. The summed E-state index contributed by atoms with van der Waals surface area (Å²) in [6.07, 6.45) is 1.17. The van der Waals surface area contributed by atoms with Gasteiger partial charge in [0.1, 0.15) is 5.75 Å². The molecule has 3 rings (SSSR count). The third-order valence-electron chi connectivity index (χ3n) is 4.29. The summed E-state index contributed by atoms with van der Waals surface area (Å²) in [4.78, 5) is 0. The quantitative estimate of drug-likeness (QED) is 0.633. The lowest BCUT2D eigenvalue weighted by Gasteiger charge is -2.14. The van der Waals surface area contributed by atoms with E-state index in [4.69, 9.17) is 4.74 Å². The van der Waals surface area contributed by atoms with E-state index in [1.165, 1.54) is 15.6 Å². The van der Waals surface area contributed by atoms with Crippen molar-refractivity contribution < 1.29 is 13.2 Å². The number of benzene rings is 2. The summed E-state index contributed by atoms with van der Waals surface area (Å²) in [5.41, 5.74) is 2.17. The van der Waals surface area contributed by atoms with Gasteiger partial charge in [0.25, 0.3) is 0 Å². The molecule has 0 aliphatic rings. The number of hydrogen-bond acceptors (Lipinski definition) is 4. The number of fused-ring (bicyclic) bond motifs is 1. The van der Waals surface area contributed by atoms with Crippen molar-refractivity contribution >= 4 is 31.4 Å². The minimum Gasteiger partial charge on any atom is -0.497 e. The van der Waals surface area contributed by atoms with E-state index in [2.05, 4.69) is 22.2 Å². The van der Waals surface area contributed by atoms with Crippen molar-refractivity contribution in [2.24, 2.45) is 0 Å². The van der Waals surface area contributed by atoms with E-state index in [-0.39, 0.29) is 11.8 Å². The zero-order valence-corrected chi connectivity index (χ0v) is 16.6. The SMILES string of the molecule is COc1ccc(CCS(=O)(=O)NC(C)Cc2csc3ccccc23)cc1. The fourth-order valence-electron chi connectivity index (χ4n) is 2.97. The smallest absolute Gasteiger partial charge is 0.212 e. The Kier molecular flexibility index (Phi) is 5.96. The average Bonchev–Trinajstić information content (AvgIpc) is 3.03. The summed E-state index contributed by atoms with van der Waals surface area (Å²) in [6, 6.07) is 15.6. The summed E-state index contributed by atoms with van der Waals surface area (Å²) in [7, 11) is -1.72. The van der Waals surface area contributed by atoms with Crippen molar-refractivity contribution in [2.45, 2.75) is 25.8 Å². The molecular formula is C20H23NO3S2. The number of aryl methyl sites for hydroxylation is 1. The van der Waals surface area contributed by atoms with Gasteiger partial charge >= 0.3 is 0 Å². The van der Waals surface area contributed by atoms with E-state index in [1.807, 2.05) is 43.3 Å². The van der Waals surface area contributed by atoms with Crippen molar-refractivity contribution in [1.82, 2.24) is 4.72 Å². The maximum atomic E-state index is 12.4. The highest BCUT2D eigenvalue weighted by Gasteiger charge is 2.16. The molecule has 0 amide bonds. The van der Waals surface area contributed by atoms with E-state index in [1.54, 1.807) is 18.4 Å². The Morgan fingerprint density at radius 1 is 1.12 bits per heavy atom. The molecule has 0 radical (unpaired) electrons. The minimum absolute atomic E-state index is 0.0774. The lowest BCUT2D eigenvalue weighted by Crippen LogP contribution is -2.36. The van der Waals surface area contributed by atoms with E-state index in [0.29, 0.717) is 12.8 Å². The highest BCUT2D eigenvalue weighted by atomic mass is 32.2. The monoisotopic (exact) mass is 389 g/mol. The van der Waals surface area contributed by atoms with Gasteiger partial charge in [-0.1, -0.05) is 30.3 Å². The molecule has 1 heterocycles. The van der Waals surface area contributed by atoms with E-state index in [9.17, 15) is 8.42 Å². The predicted octanol–water partition coefficient (Wildman–Crippen LogP) is 4.00. The molecule has 26 heavy (non-hydrogen) atoms. The number of ether oxygens (including phenoxy) is 1. The molecule has 0 saturated heterocycles. The molecule has 0 aliphatic heterocycles. The predicted molar refractivity (Wildman–Crippen MR) is 109 cm³/mol. The van der Waals surface area contributed by atoms with Gasteiger partial charge in [-0.2, -0.15) is 0 Å². The van der Waals surface area contributed by atoms with Gasteiger partial charge in [0.05, 0.1) is 12.9 Å². The number of thiophene rings is 1. The van der Waals surface area contributed by atoms with Crippen molar-refractivity contribution in [3.8, 4) is 5.75 Å². The van der Waals surface area contributed by atoms with Crippen LogP contribution in [-0.2, 0) is 22.9 Å². The standard InChI is InChI=1S/C20H23NO3S2/c1-15(13-17-14-25-20-6-4-3-5-19(17)20)21-26(22,23)12-11-16-7-9-18(24-2)10-8-16/h3-10,14-15,21H,11-13H2,1-2H3. The summed E-state index contributed by atoms with van der Waals surface area (Å²) in [5.74, 6) is 0.847. The molecule has 1 aromatic heterocycles. The summed E-state index contributed by atoms with van der Waals surface area (Å²) in [6.45, 7) is 1.91. The zero-order chi connectivity index (χ0) is 18.6. The van der Waals surface area contributed by atoms with Crippen molar-refractivity contribution in [1.29, 1.82) is 0 Å². The lowest BCUT2D eigenvalue weighted by molar-refractivity contribution is 0.414. The molecule has 4 nitrogen and oxygen atoms in total. The van der Waals surface area contributed by atoms with Crippen LogP contribution in [0.5, 0.6) is 5.75 Å². The molecule has 0 aliphatic carbocycles. The molecular weight excluding hydrogens is 366 g/mol. The Labute approximate surface area is 158 Å². The van der Waals surface area contributed by atoms with Crippen LogP contribution in [0.2, 0.25) is 0 Å². The molecule has 0 fully saturated rings. The number of nitrogens with one attached hydrogen (secondary N) is 1. The minimum atomic E-state index is -3.33. The van der Waals surface area contributed by atoms with Gasteiger partial charge in [-0.25, -0.2) is 13.1 Å². The summed E-state index contributed by atoms with van der Waals surface area (Å²) >= 11 is 1.70. The first kappa shape index (κ1) is 18.9. The van der Waals surface area contributed by atoms with Crippen LogP contribution >= 0.6 is 11.3 Å². The van der Waals surface area contributed by atoms with Gasteiger partial charge in [-0.05, 0) is 59.9 Å². The number of sulfonamides is 1. The van der Waals surface area contributed by atoms with Crippen LogP contribution < -0.4 is 9.46 Å². The number of rotatable bonds is 8. The molecule has 2 aromatic carbocycles. The van der Waals surface area contributed by atoms with Crippen LogP contribution in [-0.4, -0.2) is 27.3 Å². The van der Waals surface area contributed by atoms with Gasteiger partial charge < -0.3 is 4.74 Å². The first-order chi connectivity index (χ1) is 12.5. The summed E-state index contributed by atoms with van der Waals surface area (Å²) < 4.78 is 33.9. The van der Waals surface area contributed by atoms with Crippen LogP contribution in [0.15, 0.2) is 53.9 Å². The Balaban J connectivity index is 1.57. The molecule has 1 N–H and O–H groups in total. The molecule has 6 heteroatoms. The van der Waals surface area contributed by atoms with Gasteiger partial charge in [0, 0.05) is 10.7 Å². The van der Waals surface area contributed by atoms with Crippen LogP contribution in [0.3, 0.4) is 0 Å². The number of methoxy groups -OCH3 is 1. The maximum Gasteiger partial charge on any atom is 0.212 e. The zero-order valence-electron chi connectivity index (χ0n) is 14.9. The third kappa shape index (κ3) is 4.84. The van der Waals surface area contributed by atoms with Crippen molar-refractivity contribution in [3.63, 3.8) is 0 Å². The topological polar surface area (TPSA) is 55.4 Å². The van der Waals surface area contributed by atoms with Gasteiger partial charge in [0.2, 0.25) is 10.0 Å². The fraction of sp³-hybridized carbons (Fsp3) is 0.300. The van der Waals surface area contributed by atoms with E-state index >= 15 is 0 Å². The fourth-order valence-corrected chi connectivity index (χ4v) is 5.27. The molecule has 0 spiro atoms. The third-order valence-corrected chi connectivity index (χ3v) is 6.80. The van der Waals surface area contributed by atoms with E-state index < -0.39 is 10.0 Å².